The predicted molar refractivity (Wildman–Crippen MR) is 96.7 cm³/mol. The third-order valence-corrected chi connectivity index (χ3v) is 4.60. The van der Waals surface area contributed by atoms with Crippen molar-refractivity contribution in [2.45, 2.75) is 44.7 Å². The second kappa shape index (κ2) is 8.11. The summed E-state index contributed by atoms with van der Waals surface area (Å²) in [5.41, 5.74) is 2.51. The van der Waals surface area contributed by atoms with E-state index < -0.39 is 0 Å². The third-order valence-electron chi connectivity index (χ3n) is 4.60. The molecule has 1 aliphatic rings. The van der Waals surface area contributed by atoms with Gasteiger partial charge in [0.25, 0.3) is 0 Å². The van der Waals surface area contributed by atoms with E-state index in [4.69, 9.17) is 0 Å². The fraction of sp³-hybridized carbons (Fsp3) is 0.450. The first-order valence-corrected chi connectivity index (χ1v) is 8.84. The number of benzene rings is 1. The summed E-state index contributed by atoms with van der Waals surface area (Å²) in [5.74, 6) is 0. The highest BCUT2D eigenvalue weighted by atomic mass is 15.2. The largest absolute Gasteiger partial charge is 0.370 e. The van der Waals surface area contributed by atoms with Gasteiger partial charge in [0.1, 0.15) is 0 Å². The summed E-state index contributed by atoms with van der Waals surface area (Å²) in [6.07, 6.45) is 6.70. The molecular formula is C20H27N3. The quantitative estimate of drug-likeness (QED) is 0.867. The number of anilines is 1. The second-order valence-electron chi connectivity index (χ2n) is 6.38. The molecule has 1 aromatic heterocycles. The molecule has 1 fully saturated rings. The van der Waals surface area contributed by atoms with Gasteiger partial charge in [0, 0.05) is 37.1 Å². The average molecular weight is 309 g/mol. The number of rotatable bonds is 6. The second-order valence-corrected chi connectivity index (χ2v) is 6.38. The van der Waals surface area contributed by atoms with Crippen LogP contribution >= 0.6 is 0 Å². The Hall–Kier alpha value is -1.87. The molecule has 2 aromatic rings. The highest BCUT2D eigenvalue weighted by Crippen LogP contribution is 2.23. The lowest BCUT2D eigenvalue weighted by atomic mass is 10.0. The zero-order chi connectivity index (χ0) is 15.9. The monoisotopic (exact) mass is 309 g/mol. The van der Waals surface area contributed by atoms with Crippen molar-refractivity contribution in [3.8, 4) is 0 Å². The Balaban J connectivity index is 1.66. The summed E-state index contributed by atoms with van der Waals surface area (Å²) < 4.78 is 0. The number of hydrogen-bond acceptors (Lipinski definition) is 3. The molecule has 1 saturated heterocycles. The molecule has 0 bridgehead atoms. The Morgan fingerprint density at radius 1 is 1.17 bits per heavy atom. The third kappa shape index (κ3) is 4.32. The number of nitrogens with one attached hydrogen (secondary N) is 1. The summed E-state index contributed by atoms with van der Waals surface area (Å²) in [7, 11) is 0. The number of piperidine rings is 1. The topological polar surface area (TPSA) is 28.2 Å². The minimum atomic E-state index is 0.363. The minimum absolute atomic E-state index is 0.363. The number of para-hydroxylation sites is 1. The Morgan fingerprint density at radius 2 is 2.00 bits per heavy atom. The molecule has 122 valence electrons. The fourth-order valence-electron chi connectivity index (χ4n) is 3.46. The normalized spacial score (nSPS) is 19.5. The van der Waals surface area contributed by atoms with Crippen molar-refractivity contribution in [1.29, 1.82) is 0 Å². The van der Waals surface area contributed by atoms with Crippen LogP contribution in [0.5, 0.6) is 0 Å². The van der Waals surface area contributed by atoms with Gasteiger partial charge in [-0.3, -0.25) is 4.98 Å². The number of hydrogen-bond donors (Lipinski definition) is 1. The Bertz CT molecular complexity index is 570. The molecule has 0 spiro atoms. The lowest BCUT2D eigenvalue weighted by Gasteiger charge is -2.36. The van der Waals surface area contributed by atoms with Gasteiger partial charge in [-0.15, -0.1) is 0 Å². The summed E-state index contributed by atoms with van der Waals surface area (Å²) in [5, 5.41) is 3.87. The van der Waals surface area contributed by atoms with Gasteiger partial charge in [0.05, 0.1) is 5.69 Å². The standard InChI is InChI=1S/C20H27N3/c1-2-9-20(19-13-6-7-14-21-19)22-17-10-8-15-23(16-17)18-11-4-3-5-12-18/h3-7,11-14,17,20,22H,2,8-10,15-16H2,1H3/t17-,20+/m0/s1. The van der Waals surface area contributed by atoms with Crippen molar-refractivity contribution in [2.75, 3.05) is 18.0 Å². The van der Waals surface area contributed by atoms with Crippen molar-refractivity contribution in [1.82, 2.24) is 10.3 Å². The maximum atomic E-state index is 4.56. The maximum absolute atomic E-state index is 4.56. The average Bonchev–Trinajstić information content (AvgIpc) is 2.63. The Labute approximate surface area is 139 Å². The van der Waals surface area contributed by atoms with E-state index in [-0.39, 0.29) is 0 Å². The molecule has 0 saturated carbocycles. The van der Waals surface area contributed by atoms with Crippen LogP contribution in [0.4, 0.5) is 5.69 Å². The smallest absolute Gasteiger partial charge is 0.0573 e. The minimum Gasteiger partial charge on any atom is -0.370 e. The van der Waals surface area contributed by atoms with E-state index in [0.717, 1.165) is 19.5 Å². The van der Waals surface area contributed by atoms with Crippen LogP contribution in [0.2, 0.25) is 0 Å². The van der Waals surface area contributed by atoms with Gasteiger partial charge in [-0.05, 0) is 43.5 Å². The van der Waals surface area contributed by atoms with Crippen molar-refractivity contribution in [2.24, 2.45) is 0 Å². The first-order chi connectivity index (χ1) is 11.4. The van der Waals surface area contributed by atoms with Gasteiger partial charge in [0.15, 0.2) is 0 Å². The molecule has 0 radical (unpaired) electrons. The van der Waals surface area contributed by atoms with E-state index in [0.29, 0.717) is 12.1 Å². The van der Waals surface area contributed by atoms with Crippen LogP contribution in [0.1, 0.15) is 44.3 Å². The first-order valence-electron chi connectivity index (χ1n) is 8.84. The summed E-state index contributed by atoms with van der Waals surface area (Å²) >= 11 is 0. The molecule has 23 heavy (non-hydrogen) atoms. The van der Waals surface area contributed by atoms with Gasteiger partial charge in [-0.25, -0.2) is 0 Å². The molecule has 0 unspecified atom stereocenters. The fourth-order valence-corrected chi connectivity index (χ4v) is 3.46. The number of pyridine rings is 1. The maximum Gasteiger partial charge on any atom is 0.0573 e. The van der Waals surface area contributed by atoms with Crippen molar-refractivity contribution >= 4 is 5.69 Å². The Kier molecular flexibility index (Phi) is 5.65. The van der Waals surface area contributed by atoms with Crippen LogP contribution in [0.3, 0.4) is 0 Å². The molecule has 1 aromatic carbocycles. The SMILES string of the molecule is CCC[C@@H](N[C@H]1CCCN(c2ccccc2)C1)c1ccccn1. The van der Waals surface area contributed by atoms with Crippen LogP contribution in [-0.2, 0) is 0 Å². The van der Waals surface area contributed by atoms with Crippen molar-refractivity contribution in [3.63, 3.8) is 0 Å². The molecule has 0 aliphatic carbocycles. The van der Waals surface area contributed by atoms with Crippen LogP contribution < -0.4 is 10.2 Å². The van der Waals surface area contributed by atoms with Crippen LogP contribution in [-0.4, -0.2) is 24.1 Å². The van der Waals surface area contributed by atoms with Crippen LogP contribution in [0, 0.1) is 0 Å². The van der Waals surface area contributed by atoms with Crippen LogP contribution in [0.25, 0.3) is 0 Å². The zero-order valence-electron chi connectivity index (χ0n) is 14.0. The molecule has 3 heteroatoms. The molecular weight excluding hydrogens is 282 g/mol. The lowest BCUT2D eigenvalue weighted by molar-refractivity contribution is 0.360. The van der Waals surface area contributed by atoms with Crippen molar-refractivity contribution < 1.29 is 0 Å². The molecule has 3 nitrogen and oxygen atoms in total. The van der Waals surface area contributed by atoms with Gasteiger partial charge >= 0.3 is 0 Å². The van der Waals surface area contributed by atoms with Crippen LogP contribution in [0.15, 0.2) is 54.7 Å². The molecule has 1 aliphatic heterocycles. The number of aromatic nitrogens is 1. The van der Waals surface area contributed by atoms with E-state index in [9.17, 15) is 0 Å². The van der Waals surface area contributed by atoms with Crippen molar-refractivity contribution in [3.05, 3.63) is 60.4 Å². The molecule has 3 rings (SSSR count). The lowest BCUT2D eigenvalue weighted by Crippen LogP contribution is -2.47. The van der Waals surface area contributed by atoms with Gasteiger partial charge in [-0.2, -0.15) is 0 Å². The van der Waals surface area contributed by atoms with Gasteiger partial charge in [0.2, 0.25) is 0 Å². The molecule has 2 heterocycles. The van der Waals surface area contributed by atoms with E-state index in [1.165, 1.54) is 30.6 Å². The van der Waals surface area contributed by atoms with E-state index in [2.05, 4.69) is 64.6 Å². The molecule has 2 atom stereocenters. The van der Waals surface area contributed by atoms with E-state index >= 15 is 0 Å². The van der Waals surface area contributed by atoms with Gasteiger partial charge in [-0.1, -0.05) is 37.6 Å². The summed E-state index contributed by atoms with van der Waals surface area (Å²) in [6.45, 7) is 4.48. The zero-order valence-corrected chi connectivity index (χ0v) is 14.0. The van der Waals surface area contributed by atoms with E-state index in [1.54, 1.807) is 0 Å². The molecule has 1 N–H and O–H groups in total. The highest BCUT2D eigenvalue weighted by molar-refractivity contribution is 5.46. The van der Waals surface area contributed by atoms with Gasteiger partial charge < -0.3 is 10.2 Å². The Morgan fingerprint density at radius 3 is 2.74 bits per heavy atom. The number of nitrogens with zero attached hydrogens (tertiary/aromatic N) is 2. The summed E-state index contributed by atoms with van der Waals surface area (Å²) in [6, 6.07) is 17.9. The molecule has 0 amide bonds. The predicted octanol–water partition coefficient (Wildman–Crippen LogP) is 4.18. The summed E-state index contributed by atoms with van der Waals surface area (Å²) in [4.78, 5) is 7.07. The van der Waals surface area contributed by atoms with E-state index in [1.807, 2.05) is 12.3 Å². The highest BCUT2D eigenvalue weighted by Gasteiger charge is 2.23. The first kappa shape index (κ1) is 16.0.